The number of nitrogens with one attached hydrogen (secondary N) is 1. The standard InChI is InChI=1S/C18H30N2O/c1-15(2)12-19-13-16-5-7-18(8-6-16)20-10-3-4-17(14-20)9-11-21/h5-8,15,17,19,21H,3-4,9-14H2,1-2H3. The molecule has 0 radical (unpaired) electrons. The van der Waals surface area contributed by atoms with Crippen LogP contribution in [0.3, 0.4) is 0 Å². The summed E-state index contributed by atoms with van der Waals surface area (Å²) in [5.74, 6) is 1.34. The fourth-order valence-corrected chi connectivity index (χ4v) is 3.05. The van der Waals surface area contributed by atoms with Gasteiger partial charge in [0.2, 0.25) is 0 Å². The van der Waals surface area contributed by atoms with E-state index in [-0.39, 0.29) is 0 Å². The van der Waals surface area contributed by atoms with Crippen LogP contribution in [0.4, 0.5) is 5.69 Å². The molecule has 1 aromatic rings. The van der Waals surface area contributed by atoms with Crippen molar-refractivity contribution >= 4 is 5.69 Å². The van der Waals surface area contributed by atoms with Crippen molar-refractivity contribution in [1.29, 1.82) is 0 Å². The van der Waals surface area contributed by atoms with Crippen molar-refractivity contribution in [2.24, 2.45) is 11.8 Å². The second-order valence-electron chi connectivity index (χ2n) is 6.66. The van der Waals surface area contributed by atoms with E-state index in [4.69, 9.17) is 5.11 Å². The number of anilines is 1. The smallest absolute Gasteiger partial charge is 0.0434 e. The van der Waals surface area contributed by atoms with Gasteiger partial charge in [0.25, 0.3) is 0 Å². The summed E-state index contributed by atoms with van der Waals surface area (Å²) in [4.78, 5) is 2.47. The molecule has 1 aliphatic rings. The molecule has 1 aromatic carbocycles. The van der Waals surface area contributed by atoms with E-state index in [2.05, 4.69) is 48.3 Å². The van der Waals surface area contributed by atoms with Gasteiger partial charge in [0.05, 0.1) is 0 Å². The van der Waals surface area contributed by atoms with Gasteiger partial charge < -0.3 is 15.3 Å². The van der Waals surface area contributed by atoms with Crippen molar-refractivity contribution in [1.82, 2.24) is 5.32 Å². The summed E-state index contributed by atoms with van der Waals surface area (Å²) in [6.07, 6.45) is 3.43. The van der Waals surface area contributed by atoms with Crippen LogP contribution in [0.5, 0.6) is 0 Å². The van der Waals surface area contributed by atoms with Gasteiger partial charge in [-0.2, -0.15) is 0 Å². The van der Waals surface area contributed by atoms with Crippen LogP contribution in [-0.2, 0) is 6.54 Å². The molecule has 0 saturated carbocycles. The minimum Gasteiger partial charge on any atom is -0.396 e. The van der Waals surface area contributed by atoms with Crippen LogP contribution < -0.4 is 10.2 Å². The molecule has 0 aliphatic carbocycles. The van der Waals surface area contributed by atoms with Crippen molar-refractivity contribution in [2.75, 3.05) is 31.1 Å². The Kier molecular flexibility index (Phi) is 6.52. The molecule has 1 aliphatic heterocycles. The maximum atomic E-state index is 9.11. The Hall–Kier alpha value is -1.06. The number of benzene rings is 1. The van der Waals surface area contributed by atoms with Gasteiger partial charge in [-0.05, 0) is 55.3 Å². The predicted octanol–water partition coefficient (Wildman–Crippen LogP) is 3.03. The Labute approximate surface area is 129 Å². The van der Waals surface area contributed by atoms with Crippen LogP contribution in [0.1, 0.15) is 38.7 Å². The third-order valence-electron chi connectivity index (χ3n) is 4.24. The highest BCUT2D eigenvalue weighted by molar-refractivity contribution is 5.48. The minimum atomic E-state index is 0.318. The number of aliphatic hydroxyl groups is 1. The molecule has 3 nitrogen and oxygen atoms in total. The van der Waals surface area contributed by atoms with Crippen molar-refractivity contribution < 1.29 is 5.11 Å². The summed E-state index contributed by atoms with van der Waals surface area (Å²) in [6.45, 7) is 9.03. The normalized spacial score (nSPS) is 19.2. The van der Waals surface area contributed by atoms with E-state index in [0.29, 0.717) is 18.4 Å². The average Bonchev–Trinajstić information content (AvgIpc) is 2.48. The molecular formula is C18H30N2O. The van der Waals surface area contributed by atoms with Gasteiger partial charge in [0, 0.05) is 31.9 Å². The molecular weight excluding hydrogens is 260 g/mol. The van der Waals surface area contributed by atoms with Crippen LogP contribution in [0.2, 0.25) is 0 Å². The van der Waals surface area contributed by atoms with E-state index in [1.807, 2.05) is 0 Å². The van der Waals surface area contributed by atoms with E-state index in [1.165, 1.54) is 24.1 Å². The van der Waals surface area contributed by atoms with Crippen LogP contribution in [-0.4, -0.2) is 31.3 Å². The lowest BCUT2D eigenvalue weighted by atomic mass is 9.94. The highest BCUT2D eigenvalue weighted by Crippen LogP contribution is 2.25. The van der Waals surface area contributed by atoms with Crippen LogP contribution in [0, 0.1) is 11.8 Å². The third-order valence-corrected chi connectivity index (χ3v) is 4.24. The fourth-order valence-electron chi connectivity index (χ4n) is 3.05. The first-order chi connectivity index (χ1) is 10.2. The zero-order valence-electron chi connectivity index (χ0n) is 13.5. The van der Waals surface area contributed by atoms with Crippen molar-refractivity contribution in [3.05, 3.63) is 29.8 Å². The molecule has 1 unspecified atom stereocenters. The molecule has 1 fully saturated rings. The highest BCUT2D eigenvalue weighted by Gasteiger charge is 2.19. The van der Waals surface area contributed by atoms with E-state index >= 15 is 0 Å². The quantitative estimate of drug-likeness (QED) is 0.810. The van der Waals surface area contributed by atoms with Crippen molar-refractivity contribution in [3.8, 4) is 0 Å². The van der Waals surface area contributed by atoms with Gasteiger partial charge in [0.1, 0.15) is 0 Å². The van der Waals surface area contributed by atoms with E-state index in [1.54, 1.807) is 0 Å². The monoisotopic (exact) mass is 290 g/mol. The van der Waals surface area contributed by atoms with E-state index < -0.39 is 0 Å². The van der Waals surface area contributed by atoms with Crippen LogP contribution >= 0.6 is 0 Å². The molecule has 2 N–H and O–H groups in total. The largest absolute Gasteiger partial charge is 0.396 e. The maximum absolute atomic E-state index is 9.11. The Morgan fingerprint density at radius 3 is 2.71 bits per heavy atom. The van der Waals surface area contributed by atoms with Crippen LogP contribution in [0.25, 0.3) is 0 Å². The molecule has 3 heteroatoms. The van der Waals surface area contributed by atoms with Gasteiger partial charge in [-0.1, -0.05) is 26.0 Å². The second-order valence-corrected chi connectivity index (χ2v) is 6.66. The summed E-state index contributed by atoms with van der Waals surface area (Å²) in [7, 11) is 0. The second kappa shape index (κ2) is 8.40. The van der Waals surface area contributed by atoms with E-state index in [9.17, 15) is 0 Å². The summed E-state index contributed by atoms with van der Waals surface area (Å²) < 4.78 is 0. The topological polar surface area (TPSA) is 35.5 Å². The molecule has 0 spiro atoms. The molecule has 0 amide bonds. The minimum absolute atomic E-state index is 0.318. The molecule has 21 heavy (non-hydrogen) atoms. The lowest BCUT2D eigenvalue weighted by Gasteiger charge is -2.34. The van der Waals surface area contributed by atoms with Gasteiger partial charge in [-0.3, -0.25) is 0 Å². The summed E-state index contributed by atoms with van der Waals surface area (Å²) in [5, 5.41) is 12.6. The molecule has 0 bridgehead atoms. The van der Waals surface area contributed by atoms with Gasteiger partial charge in [0.15, 0.2) is 0 Å². The lowest BCUT2D eigenvalue weighted by molar-refractivity contribution is 0.244. The Balaban J connectivity index is 1.86. The van der Waals surface area contributed by atoms with Gasteiger partial charge in [-0.25, -0.2) is 0 Å². The molecule has 2 rings (SSSR count). The molecule has 0 aromatic heterocycles. The molecule has 1 saturated heterocycles. The summed E-state index contributed by atoms with van der Waals surface area (Å²) in [5.41, 5.74) is 2.67. The third kappa shape index (κ3) is 5.33. The number of hydrogen-bond donors (Lipinski definition) is 2. The average molecular weight is 290 g/mol. The van der Waals surface area contributed by atoms with Crippen LogP contribution in [0.15, 0.2) is 24.3 Å². The number of piperidine rings is 1. The molecule has 118 valence electrons. The van der Waals surface area contributed by atoms with Gasteiger partial charge >= 0.3 is 0 Å². The first-order valence-electron chi connectivity index (χ1n) is 8.34. The van der Waals surface area contributed by atoms with Crippen molar-refractivity contribution in [3.63, 3.8) is 0 Å². The fraction of sp³-hybridized carbons (Fsp3) is 0.667. The Morgan fingerprint density at radius 1 is 1.29 bits per heavy atom. The SMILES string of the molecule is CC(C)CNCc1ccc(N2CCCC(CCO)C2)cc1. The highest BCUT2D eigenvalue weighted by atomic mass is 16.3. The number of hydrogen-bond acceptors (Lipinski definition) is 3. The van der Waals surface area contributed by atoms with Gasteiger partial charge in [-0.15, -0.1) is 0 Å². The molecule has 1 heterocycles. The predicted molar refractivity (Wildman–Crippen MR) is 89.6 cm³/mol. The first kappa shape index (κ1) is 16.3. The maximum Gasteiger partial charge on any atom is 0.0434 e. The number of aliphatic hydroxyl groups excluding tert-OH is 1. The summed E-state index contributed by atoms with van der Waals surface area (Å²) >= 11 is 0. The zero-order chi connectivity index (χ0) is 15.1. The zero-order valence-corrected chi connectivity index (χ0v) is 13.5. The summed E-state index contributed by atoms with van der Waals surface area (Å²) in [6, 6.07) is 8.96. The van der Waals surface area contributed by atoms with Crippen molar-refractivity contribution in [2.45, 2.75) is 39.7 Å². The molecule has 1 atom stereocenters. The number of rotatable bonds is 7. The Morgan fingerprint density at radius 2 is 2.05 bits per heavy atom. The Bertz CT molecular complexity index is 400. The first-order valence-corrected chi connectivity index (χ1v) is 8.34. The van der Waals surface area contributed by atoms with E-state index in [0.717, 1.165) is 32.6 Å². The lowest BCUT2D eigenvalue weighted by Crippen LogP contribution is -2.35. The number of nitrogens with zero attached hydrogens (tertiary/aromatic N) is 1.